The number of hydrogen-bond donors (Lipinski definition) is 0. The van der Waals surface area contributed by atoms with Crippen LogP contribution in [-0.4, -0.2) is 11.6 Å². The van der Waals surface area contributed by atoms with Gasteiger partial charge in [0.15, 0.2) is 0 Å². The van der Waals surface area contributed by atoms with E-state index in [2.05, 4.69) is 4.90 Å². The van der Waals surface area contributed by atoms with Crippen molar-refractivity contribution in [1.82, 2.24) is 4.90 Å². The van der Waals surface area contributed by atoms with E-state index in [-0.39, 0.29) is 5.63 Å². The largest absolute Gasteiger partial charge is 0.478 e. The van der Waals surface area contributed by atoms with Crippen LogP contribution < -0.4 is 10.4 Å². The van der Waals surface area contributed by atoms with Crippen LogP contribution in [0.3, 0.4) is 0 Å². The van der Waals surface area contributed by atoms with Gasteiger partial charge in [0.25, 0.3) is 0 Å². The van der Waals surface area contributed by atoms with Gasteiger partial charge in [-0.25, -0.2) is 4.79 Å². The highest BCUT2D eigenvalue weighted by atomic mass is 35.5. The highest BCUT2D eigenvalue weighted by molar-refractivity contribution is 6.30. The predicted octanol–water partition coefficient (Wildman–Crippen LogP) is 5.77. The van der Waals surface area contributed by atoms with E-state index in [0.29, 0.717) is 18.9 Å². The van der Waals surface area contributed by atoms with Crippen molar-refractivity contribution in [3.63, 3.8) is 0 Å². The molecule has 0 amide bonds. The molecule has 0 spiro atoms. The van der Waals surface area contributed by atoms with Crippen LogP contribution in [0.15, 0.2) is 75.9 Å². The Kier molecular flexibility index (Phi) is 4.81. The molecule has 1 aliphatic heterocycles. The second-order valence-corrected chi connectivity index (χ2v) is 8.09. The molecule has 0 aliphatic carbocycles. The van der Waals surface area contributed by atoms with Crippen molar-refractivity contribution in [2.75, 3.05) is 6.73 Å². The number of hydrogen-bond acceptors (Lipinski definition) is 4. The number of halogens is 1. The van der Waals surface area contributed by atoms with Crippen LogP contribution in [0.1, 0.15) is 16.7 Å². The summed E-state index contributed by atoms with van der Waals surface area (Å²) in [7, 11) is 0. The molecule has 5 heteroatoms. The molecule has 4 aromatic rings. The van der Waals surface area contributed by atoms with Gasteiger partial charge in [-0.3, -0.25) is 4.90 Å². The summed E-state index contributed by atoms with van der Waals surface area (Å²) in [6.45, 7) is 3.87. The topological polar surface area (TPSA) is 42.7 Å². The molecule has 0 N–H and O–H groups in total. The molecule has 1 aliphatic rings. The van der Waals surface area contributed by atoms with Gasteiger partial charge in [0.1, 0.15) is 18.1 Å². The van der Waals surface area contributed by atoms with E-state index in [1.54, 1.807) is 6.07 Å². The average molecular weight is 418 g/mol. The van der Waals surface area contributed by atoms with Crippen molar-refractivity contribution >= 4 is 22.6 Å². The number of aryl methyl sites for hydroxylation is 1. The van der Waals surface area contributed by atoms with Crippen LogP contribution in [0.5, 0.6) is 5.75 Å². The fourth-order valence-corrected chi connectivity index (χ4v) is 4.03. The van der Waals surface area contributed by atoms with E-state index in [1.807, 2.05) is 67.6 Å². The van der Waals surface area contributed by atoms with E-state index in [9.17, 15) is 4.79 Å². The van der Waals surface area contributed by atoms with Gasteiger partial charge in [0, 0.05) is 29.6 Å². The van der Waals surface area contributed by atoms with E-state index in [1.165, 1.54) is 5.56 Å². The fourth-order valence-electron chi connectivity index (χ4n) is 3.90. The summed E-state index contributed by atoms with van der Waals surface area (Å²) in [5, 5.41) is 1.63. The lowest BCUT2D eigenvalue weighted by Gasteiger charge is -2.29. The van der Waals surface area contributed by atoms with Crippen LogP contribution in [-0.2, 0) is 13.1 Å². The minimum atomic E-state index is -0.360. The molecule has 3 aromatic carbocycles. The monoisotopic (exact) mass is 417 g/mol. The lowest BCUT2D eigenvalue weighted by atomic mass is 9.98. The van der Waals surface area contributed by atoms with Crippen LogP contribution in [0.4, 0.5) is 0 Å². The molecule has 0 bridgehead atoms. The SMILES string of the molecule is Cc1ccc(-c2cc(=O)oc3c4c(ccc23)OCN(Cc2ccc(Cl)cc2)C4)cc1. The Morgan fingerprint density at radius 1 is 1.00 bits per heavy atom. The third-order valence-electron chi connectivity index (χ3n) is 5.44. The molecular weight excluding hydrogens is 398 g/mol. The maximum atomic E-state index is 12.4. The van der Waals surface area contributed by atoms with Gasteiger partial charge in [-0.1, -0.05) is 53.6 Å². The first-order valence-corrected chi connectivity index (χ1v) is 10.2. The van der Waals surface area contributed by atoms with E-state index in [4.69, 9.17) is 20.8 Å². The molecule has 0 unspecified atom stereocenters. The van der Waals surface area contributed by atoms with Gasteiger partial charge in [-0.2, -0.15) is 0 Å². The van der Waals surface area contributed by atoms with Gasteiger partial charge in [0.05, 0.1) is 5.56 Å². The zero-order chi connectivity index (χ0) is 20.7. The molecule has 1 aromatic heterocycles. The molecule has 150 valence electrons. The summed E-state index contributed by atoms with van der Waals surface area (Å²) in [6, 6.07) is 21.5. The third kappa shape index (κ3) is 3.60. The van der Waals surface area contributed by atoms with E-state index in [0.717, 1.165) is 45.0 Å². The Labute approximate surface area is 179 Å². The molecule has 0 saturated heterocycles. The first kappa shape index (κ1) is 18.9. The summed E-state index contributed by atoms with van der Waals surface area (Å²) in [5.41, 5.74) is 5.33. The van der Waals surface area contributed by atoms with Crippen LogP contribution in [0.25, 0.3) is 22.1 Å². The van der Waals surface area contributed by atoms with Crippen molar-refractivity contribution in [2.24, 2.45) is 0 Å². The second kappa shape index (κ2) is 7.63. The Hall–Kier alpha value is -3.08. The number of ether oxygens (including phenoxy) is 1. The fraction of sp³-hybridized carbons (Fsp3) is 0.160. The molecule has 0 fully saturated rings. The van der Waals surface area contributed by atoms with Gasteiger partial charge in [-0.05, 0) is 47.9 Å². The van der Waals surface area contributed by atoms with E-state index >= 15 is 0 Å². The molecule has 5 rings (SSSR count). The summed E-state index contributed by atoms with van der Waals surface area (Å²) in [5.74, 6) is 0.763. The average Bonchev–Trinajstić information content (AvgIpc) is 2.75. The van der Waals surface area contributed by atoms with Gasteiger partial charge >= 0.3 is 5.63 Å². The molecule has 0 radical (unpaired) electrons. The second-order valence-electron chi connectivity index (χ2n) is 7.65. The first-order valence-electron chi connectivity index (χ1n) is 9.83. The Balaban J connectivity index is 1.56. The van der Waals surface area contributed by atoms with Crippen LogP contribution in [0.2, 0.25) is 5.02 Å². The number of nitrogens with zero attached hydrogens (tertiary/aromatic N) is 1. The maximum absolute atomic E-state index is 12.4. The first-order chi connectivity index (χ1) is 14.6. The Morgan fingerprint density at radius 3 is 2.53 bits per heavy atom. The van der Waals surface area contributed by atoms with Crippen LogP contribution >= 0.6 is 11.6 Å². The summed E-state index contributed by atoms with van der Waals surface area (Å²) < 4.78 is 11.7. The van der Waals surface area contributed by atoms with Gasteiger partial charge in [-0.15, -0.1) is 0 Å². The minimum Gasteiger partial charge on any atom is -0.478 e. The summed E-state index contributed by atoms with van der Waals surface area (Å²) >= 11 is 6.00. The number of rotatable bonds is 3. The van der Waals surface area contributed by atoms with Crippen LogP contribution in [0, 0.1) is 6.92 Å². The smallest absolute Gasteiger partial charge is 0.336 e. The van der Waals surface area contributed by atoms with Crippen molar-refractivity contribution in [2.45, 2.75) is 20.0 Å². The normalized spacial score (nSPS) is 13.8. The predicted molar refractivity (Wildman–Crippen MR) is 119 cm³/mol. The Bertz CT molecular complexity index is 1280. The molecule has 2 heterocycles. The molecule has 30 heavy (non-hydrogen) atoms. The highest BCUT2D eigenvalue weighted by Crippen LogP contribution is 2.36. The van der Waals surface area contributed by atoms with Gasteiger partial charge < -0.3 is 9.15 Å². The lowest BCUT2D eigenvalue weighted by molar-refractivity contribution is 0.0890. The molecule has 0 atom stereocenters. The van der Waals surface area contributed by atoms with Crippen molar-refractivity contribution in [3.05, 3.63) is 98.9 Å². The van der Waals surface area contributed by atoms with Crippen molar-refractivity contribution in [3.8, 4) is 16.9 Å². The summed E-state index contributed by atoms with van der Waals surface area (Å²) in [6.07, 6.45) is 0. The zero-order valence-electron chi connectivity index (χ0n) is 16.5. The zero-order valence-corrected chi connectivity index (χ0v) is 17.3. The Morgan fingerprint density at radius 2 is 1.77 bits per heavy atom. The van der Waals surface area contributed by atoms with Crippen molar-refractivity contribution < 1.29 is 9.15 Å². The number of benzene rings is 3. The number of fused-ring (bicyclic) bond motifs is 3. The van der Waals surface area contributed by atoms with E-state index < -0.39 is 0 Å². The molecule has 4 nitrogen and oxygen atoms in total. The third-order valence-corrected chi connectivity index (χ3v) is 5.69. The van der Waals surface area contributed by atoms with Gasteiger partial charge in [0.2, 0.25) is 0 Å². The minimum absolute atomic E-state index is 0.360. The lowest BCUT2D eigenvalue weighted by Crippen LogP contribution is -2.31. The summed E-state index contributed by atoms with van der Waals surface area (Å²) in [4.78, 5) is 14.6. The standard InChI is InChI=1S/C25H20ClNO3/c1-16-2-6-18(7-3-16)21-12-24(28)30-25-20(21)10-11-23-22(25)14-27(15-29-23)13-17-4-8-19(26)9-5-17/h2-12H,13-15H2,1H3. The maximum Gasteiger partial charge on any atom is 0.336 e. The molecule has 0 saturated carbocycles. The highest BCUT2D eigenvalue weighted by Gasteiger charge is 2.23. The van der Waals surface area contributed by atoms with Crippen molar-refractivity contribution in [1.29, 1.82) is 0 Å². The quantitative estimate of drug-likeness (QED) is 0.396. The molecular formula is C25H20ClNO3.